The predicted octanol–water partition coefficient (Wildman–Crippen LogP) is 7.45. The van der Waals surface area contributed by atoms with Crippen molar-refractivity contribution in [1.29, 1.82) is 0 Å². The fourth-order valence-electron chi connectivity index (χ4n) is 6.21. The number of alkyl halides is 6. The molecule has 1 fully saturated rings. The molecule has 1 aliphatic carbocycles. The number of hydrogen-bond donors (Lipinski definition) is 2. The van der Waals surface area contributed by atoms with Gasteiger partial charge in [0.15, 0.2) is 0 Å². The Morgan fingerprint density at radius 1 is 0.786 bits per heavy atom. The highest BCUT2D eigenvalue weighted by atomic mass is 19.4. The fourth-order valence-corrected chi connectivity index (χ4v) is 6.21. The molecule has 0 aliphatic heterocycles. The molecule has 5 unspecified atom stereocenters. The summed E-state index contributed by atoms with van der Waals surface area (Å²) < 4.78 is 100. The second kappa shape index (κ2) is 13.7. The smallest absolute Gasteiger partial charge is 0.428 e. The highest BCUT2D eigenvalue weighted by molar-refractivity contribution is 5.87. The lowest BCUT2D eigenvalue weighted by molar-refractivity contribution is -0.401. The van der Waals surface area contributed by atoms with Crippen molar-refractivity contribution < 1.29 is 55.6 Å². The van der Waals surface area contributed by atoms with Gasteiger partial charge in [-0.15, -0.1) is 0 Å². The second-order valence-corrected chi connectivity index (χ2v) is 12.4. The van der Waals surface area contributed by atoms with Gasteiger partial charge < -0.3 is 24.4 Å². The maximum atomic E-state index is 13.7. The number of aliphatic hydroxyl groups is 2. The van der Waals surface area contributed by atoms with E-state index in [1.54, 1.807) is 34.6 Å². The first-order valence-electron chi connectivity index (χ1n) is 14.7. The Morgan fingerprint density at radius 2 is 1.14 bits per heavy atom. The van der Waals surface area contributed by atoms with Crippen LogP contribution < -0.4 is 0 Å². The molecular formula is C30H50F6O6. The van der Waals surface area contributed by atoms with Gasteiger partial charge in [0.25, 0.3) is 5.60 Å². The van der Waals surface area contributed by atoms with Crippen molar-refractivity contribution in [2.75, 3.05) is 0 Å². The average molecular weight is 621 g/mol. The molecule has 0 spiro atoms. The van der Waals surface area contributed by atoms with Crippen LogP contribution in [0, 0.1) is 11.8 Å². The largest absolute Gasteiger partial charge is 0.459 e. The molecule has 0 amide bonds. The maximum absolute atomic E-state index is 13.7. The minimum atomic E-state index is -6.05. The summed E-state index contributed by atoms with van der Waals surface area (Å²) in [5.41, 5.74) is -8.56. The lowest BCUT2D eigenvalue weighted by Crippen LogP contribution is -2.66. The molecule has 0 saturated heterocycles. The van der Waals surface area contributed by atoms with Gasteiger partial charge in [-0.2, -0.15) is 26.3 Å². The van der Waals surface area contributed by atoms with Crippen molar-refractivity contribution in [3.63, 3.8) is 0 Å². The molecule has 6 nitrogen and oxygen atoms in total. The van der Waals surface area contributed by atoms with Gasteiger partial charge in [-0.05, 0) is 91.4 Å². The van der Waals surface area contributed by atoms with E-state index in [2.05, 4.69) is 6.58 Å². The van der Waals surface area contributed by atoms with E-state index in [0.717, 1.165) is 0 Å². The van der Waals surface area contributed by atoms with E-state index in [0.29, 0.717) is 26.2 Å². The standard InChI is InChI=1S/C30H50F6O6/c1-11-26(12-2,41-19(7)25(9,10)38)21-15-22(17-23(16-21)40-24(37)18(5)6)27(13-3,14-4)42-20(8)28(39,29(31,32)33)30(34,35)36/h19-23,38-39H,5,11-17H2,1-4,6-10H3. The minimum Gasteiger partial charge on any atom is -0.459 e. The quantitative estimate of drug-likeness (QED) is 0.119. The summed E-state index contributed by atoms with van der Waals surface area (Å²) >= 11 is 0. The molecule has 5 atom stereocenters. The summed E-state index contributed by atoms with van der Waals surface area (Å²) in [6, 6.07) is 0. The number of hydrogen-bond acceptors (Lipinski definition) is 6. The van der Waals surface area contributed by atoms with E-state index in [1.807, 2.05) is 13.8 Å². The van der Waals surface area contributed by atoms with Crippen LogP contribution in [0.4, 0.5) is 26.3 Å². The Morgan fingerprint density at radius 3 is 1.43 bits per heavy atom. The first kappa shape index (κ1) is 38.7. The molecule has 0 aromatic rings. The van der Waals surface area contributed by atoms with Crippen LogP contribution in [0.1, 0.15) is 107 Å². The van der Waals surface area contributed by atoms with E-state index in [9.17, 15) is 41.4 Å². The Kier molecular flexibility index (Phi) is 12.6. The van der Waals surface area contributed by atoms with Crippen molar-refractivity contribution >= 4 is 5.97 Å². The van der Waals surface area contributed by atoms with Crippen molar-refractivity contribution in [1.82, 2.24) is 0 Å². The lowest BCUT2D eigenvalue weighted by atomic mass is 9.64. The van der Waals surface area contributed by atoms with Crippen LogP contribution in [0.15, 0.2) is 12.2 Å². The number of carbonyl (C=O) groups is 1. The zero-order chi connectivity index (χ0) is 33.1. The van der Waals surface area contributed by atoms with Crippen LogP contribution >= 0.6 is 0 Å². The van der Waals surface area contributed by atoms with Crippen LogP contribution in [0.2, 0.25) is 0 Å². The van der Waals surface area contributed by atoms with Crippen molar-refractivity contribution in [2.45, 2.75) is 160 Å². The Labute approximate surface area is 246 Å². The number of carbonyl (C=O) groups excluding carboxylic acids is 1. The minimum absolute atomic E-state index is 0.0321. The number of esters is 1. The zero-order valence-corrected chi connectivity index (χ0v) is 26.3. The number of halogens is 6. The van der Waals surface area contributed by atoms with Gasteiger partial charge in [0, 0.05) is 5.57 Å². The summed E-state index contributed by atoms with van der Waals surface area (Å²) in [7, 11) is 0. The third-order valence-corrected chi connectivity index (χ3v) is 9.44. The van der Waals surface area contributed by atoms with E-state index in [1.165, 1.54) is 6.92 Å². The first-order valence-corrected chi connectivity index (χ1v) is 14.7. The summed E-state index contributed by atoms with van der Waals surface area (Å²) in [6.07, 6.45) is -14.4. The van der Waals surface area contributed by atoms with E-state index >= 15 is 0 Å². The van der Waals surface area contributed by atoms with Gasteiger partial charge in [-0.3, -0.25) is 0 Å². The summed E-state index contributed by atoms with van der Waals surface area (Å²) in [6.45, 7) is 17.6. The van der Waals surface area contributed by atoms with Crippen LogP contribution in [0.5, 0.6) is 0 Å². The summed E-state index contributed by atoms with van der Waals surface area (Å²) in [4.78, 5) is 12.5. The summed E-state index contributed by atoms with van der Waals surface area (Å²) in [5, 5.41) is 20.7. The van der Waals surface area contributed by atoms with Gasteiger partial charge in [-0.1, -0.05) is 34.3 Å². The Bertz CT molecular complexity index is 887. The third kappa shape index (κ3) is 8.01. The van der Waals surface area contributed by atoms with Crippen LogP contribution in [0.3, 0.4) is 0 Å². The zero-order valence-electron chi connectivity index (χ0n) is 26.3. The number of rotatable bonds is 14. The van der Waals surface area contributed by atoms with Gasteiger partial charge in [-0.25, -0.2) is 4.79 Å². The molecule has 1 aliphatic rings. The van der Waals surface area contributed by atoms with E-state index in [-0.39, 0.29) is 37.2 Å². The van der Waals surface area contributed by atoms with Crippen molar-refractivity contribution in [2.24, 2.45) is 11.8 Å². The van der Waals surface area contributed by atoms with Crippen molar-refractivity contribution in [3.05, 3.63) is 12.2 Å². The topological polar surface area (TPSA) is 85.2 Å². The fraction of sp³-hybridized carbons (Fsp3) is 0.900. The van der Waals surface area contributed by atoms with Crippen LogP contribution in [-0.4, -0.2) is 69.3 Å². The molecule has 12 heteroatoms. The highest BCUT2D eigenvalue weighted by Crippen LogP contribution is 2.52. The van der Waals surface area contributed by atoms with E-state index < -0.39 is 65.0 Å². The average Bonchev–Trinajstić information content (AvgIpc) is 2.87. The maximum Gasteiger partial charge on any atom is 0.428 e. The monoisotopic (exact) mass is 620 g/mol. The molecule has 248 valence electrons. The Hall–Kier alpha value is -1.37. The number of ether oxygens (including phenoxy) is 3. The van der Waals surface area contributed by atoms with Crippen LogP contribution in [-0.2, 0) is 19.0 Å². The molecule has 0 aromatic carbocycles. The molecule has 1 rings (SSSR count). The predicted molar refractivity (Wildman–Crippen MR) is 147 cm³/mol. The van der Waals surface area contributed by atoms with Crippen LogP contribution in [0.25, 0.3) is 0 Å². The van der Waals surface area contributed by atoms with Gasteiger partial charge in [0.05, 0.1) is 22.9 Å². The third-order valence-electron chi connectivity index (χ3n) is 9.44. The van der Waals surface area contributed by atoms with E-state index in [4.69, 9.17) is 14.2 Å². The summed E-state index contributed by atoms with van der Waals surface area (Å²) in [5.74, 6) is -1.69. The molecule has 2 N–H and O–H groups in total. The van der Waals surface area contributed by atoms with Gasteiger partial charge in [0.2, 0.25) is 0 Å². The molecule has 0 bridgehead atoms. The molecule has 0 heterocycles. The Balaban J connectivity index is 3.69. The molecule has 1 saturated carbocycles. The molecule has 0 aromatic heterocycles. The normalized spacial score (nSPS) is 22.9. The molecule has 42 heavy (non-hydrogen) atoms. The molecule has 0 radical (unpaired) electrons. The van der Waals surface area contributed by atoms with Gasteiger partial charge in [0.1, 0.15) is 12.2 Å². The second-order valence-electron chi connectivity index (χ2n) is 12.4. The van der Waals surface area contributed by atoms with Gasteiger partial charge >= 0.3 is 18.3 Å². The lowest BCUT2D eigenvalue weighted by Gasteiger charge is -2.52. The highest BCUT2D eigenvalue weighted by Gasteiger charge is 2.74. The van der Waals surface area contributed by atoms with Crippen molar-refractivity contribution in [3.8, 4) is 0 Å². The first-order chi connectivity index (χ1) is 18.9. The molecular weight excluding hydrogens is 570 g/mol. The SMILES string of the molecule is C=C(C)C(=O)OC1CC(C(CC)(CC)OC(C)C(C)(C)O)CC(C(CC)(CC)OC(C)C(O)(C(F)(F)F)C(F)(F)F)C1.